The van der Waals surface area contributed by atoms with Crippen LogP contribution in [-0.2, 0) is 0 Å². The molecule has 0 aliphatic carbocycles. The Morgan fingerprint density at radius 1 is 1.38 bits per heavy atom. The summed E-state index contributed by atoms with van der Waals surface area (Å²) in [6.45, 7) is 5.06. The van der Waals surface area contributed by atoms with Gasteiger partial charge in [-0.2, -0.15) is 5.26 Å². The Morgan fingerprint density at radius 2 is 2.25 bits per heavy atom. The molecule has 4 nitrogen and oxygen atoms in total. The van der Waals surface area contributed by atoms with Gasteiger partial charge in [-0.15, -0.1) is 0 Å². The van der Waals surface area contributed by atoms with Crippen molar-refractivity contribution in [3.05, 3.63) is 54.1 Å². The highest BCUT2D eigenvalue weighted by atomic mass is 16.5. The molecule has 0 saturated heterocycles. The number of ether oxygens (including phenoxy) is 1. The van der Waals surface area contributed by atoms with Crippen LogP contribution in [0, 0.1) is 17.2 Å². The first-order chi connectivity index (χ1) is 11.8. The third-order valence-corrected chi connectivity index (χ3v) is 4.12. The fraction of sp³-hybridized carbons (Fsp3) is 0.400. The molecule has 126 valence electrons. The van der Waals surface area contributed by atoms with Crippen LogP contribution in [0.1, 0.15) is 45.2 Å². The lowest BCUT2D eigenvalue weighted by atomic mass is 10.0. The molecular formula is C20H25N3O. The van der Waals surface area contributed by atoms with Crippen LogP contribution >= 0.6 is 0 Å². The number of aromatic nitrogens is 1. The monoisotopic (exact) mass is 323 g/mol. The van der Waals surface area contributed by atoms with Crippen LogP contribution in [0.15, 0.2) is 48.5 Å². The molecule has 0 amide bonds. The Bertz CT molecular complexity index is 668. The number of pyridine rings is 1. The van der Waals surface area contributed by atoms with Crippen molar-refractivity contribution in [3.63, 3.8) is 0 Å². The van der Waals surface area contributed by atoms with Gasteiger partial charge < -0.3 is 10.1 Å². The van der Waals surface area contributed by atoms with Crippen molar-refractivity contribution in [2.75, 3.05) is 6.61 Å². The first kappa shape index (κ1) is 17.8. The quantitative estimate of drug-likeness (QED) is 0.711. The molecule has 1 aromatic rings. The van der Waals surface area contributed by atoms with E-state index in [1.165, 1.54) is 19.3 Å². The molecule has 1 atom stereocenters. The zero-order valence-corrected chi connectivity index (χ0v) is 14.5. The fourth-order valence-corrected chi connectivity index (χ4v) is 2.59. The van der Waals surface area contributed by atoms with E-state index in [1.807, 2.05) is 30.4 Å². The maximum absolute atomic E-state index is 9.59. The number of unbranched alkanes of at least 4 members (excludes halogenated alkanes) is 1. The Labute approximate surface area is 144 Å². The van der Waals surface area contributed by atoms with Gasteiger partial charge in [0.15, 0.2) is 0 Å². The number of allylic oxidation sites excluding steroid dienone is 4. The Kier molecular flexibility index (Phi) is 7.10. The van der Waals surface area contributed by atoms with E-state index in [-0.39, 0.29) is 0 Å². The molecule has 1 unspecified atom stereocenters. The third-order valence-electron chi connectivity index (χ3n) is 4.12. The van der Waals surface area contributed by atoms with E-state index in [0.29, 0.717) is 29.5 Å². The average Bonchev–Trinajstić information content (AvgIpc) is 2.64. The van der Waals surface area contributed by atoms with Crippen LogP contribution < -0.4 is 10.1 Å². The lowest BCUT2D eigenvalue weighted by molar-refractivity contribution is 0.232. The molecule has 24 heavy (non-hydrogen) atoms. The molecule has 1 N–H and O–H groups in total. The molecule has 0 spiro atoms. The summed E-state index contributed by atoms with van der Waals surface area (Å²) in [5.41, 5.74) is 1.82. The summed E-state index contributed by atoms with van der Waals surface area (Å²) < 4.78 is 6.04. The van der Waals surface area contributed by atoms with Gasteiger partial charge in [-0.1, -0.05) is 39.2 Å². The summed E-state index contributed by atoms with van der Waals surface area (Å²) in [5, 5.41) is 12.7. The fourth-order valence-electron chi connectivity index (χ4n) is 2.59. The minimum absolute atomic E-state index is 0.493. The van der Waals surface area contributed by atoms with Crippen LogP contribution in [0.3, 0.4) is 0 Å². The Morgan fingerprint density at radius 3 is 2.92 bits per heavy atom. The molecule has 0 bridgehead atoms. The highest BCUT2D eigenvalue weighted by Gasteiger charge is 2.16. The van der Waals surface area contributed by atoms with Crippen molar-refractivity contribution >= 4 is 5.57 Å². The van der Waals surface area contributed by atoms with Gasteiger partial charge in [-0.05, 0) is 36.6 Å². The van der Waals surface area contributed by atoms with E-state index >= 15 is 0 Å². The number of rotatable bonds is 8. The van der Waals surface area contributed by atoms with Gasteiger partial charge in [0.1, 0.15) is 23.1 Å². The first-order valence-electron chi connectivity index (χ1n) is 8.62. The summed E-state index contributed by atoms with van der Waals surface area (Å²) in [5.74, 6) is 1.20. The molecule has 0 aromatic carbocycles. The van der Waals surface area contributed by atoms with Crippen LogP contribution in [-0.4, -0.2) is 11.6 Å². The predicted molar refractivity (Wildman–Crippen MR) is 97.0 cm³/mol. The molecule has 1 aromatic heterocycles. The maximum Gasteiger partial charge on any atom is 0.146 e. The number of nitrogens with zero attached hydrogens (tertiary/aromatic N) is 2. The van der Waals surface area contributed by atoms with E-state index in [9.17, 15) is 5.26 Å². The lowest BCUT2D eigenvalue weighted by Crippen LogP contribution is -2.13. The van der Waals surface area contributed by atoms with Crippen molar-refractivity contribution in [1.29, 1.82) is 5.26 Å². The molecule has 2 heterocycles. The van der Waals surface area contributed by atoms with Crippen molar-refractivity contribution in [3.8, 4) is 11.8 Å². The number of hydrogen-bond acceptors (Lipinski definition) is 4. The smallest absolute Gasteiger partial charge is 0.146 e. The van der Waals surface area contributed by atoms with Gasteiger partial charge >= 0.3 is 0 Å². The summed E-state index contributed by atoms with van der Waals surface area (Å²) >= 11 is 0. The number of nitrogens with one attached hydrogen (secondary N) is 1. The maximum atomic E-state index is 9.59. The van der Waals surface area contributed by atoms with Crippen molar-refractivity contribution in [1.82, 2.24) is 10.3 Å². The highest BCUT2D eigenvalue weighted by Crippen LogP contribution is 2.27. The molecule has 0 radical (unpaired) electrons. The minimum Gasteiger partial charge on any atom is -0.491 e. The third kappa shape index (κ3) is 4.73. The van der Waals surface area contributed by atoms with Gasteiger partial charge in [-0.25, -0.2) is 0 Å². The van der Waals surface area contributed by atoms with Crippen molar-refractivity contribution in [2.45, 2.75) is 39.5 Å². The zero-order valence-electron chi connectivity index (χ0n) is 14.5. The Balaban J connectivity index is 2.19. The van der Waals surface area contributed by atoms with Crippen LogP contribution in [0.4, 0.5) is 0 Å². The van der Waals surface area contributed by atoms with Gasteiger partial charge in [-0.3, -0.25) is 4.98 Å². The predicted octanol–water partition coefficient (Wildman–Crippen LogP) is 4.58. The van der Waals surface area contributed by atoms with Crippen molar-refractivity contribution in [2.24, 2.45) is 5.92 Å². The van der Waals surface area contributed by atoms with E-state index in [2.05, 4.69) is 30.2 Å². The summed E-state index contributed by atoms with van der Waals surface area (Å²) in [7, 11) is 0. The molecular weight excluding hydrogens is 298 g/mol. The molecule has 4 heteroatoms. The van der Waals surface area contributed by atoms with Crippen LogP contribution in [0.5, 0.6) is 5.75 Å². The second kappa shape index (κ2) is 9.57. The van der Waals surface area contributed by atoms with Gasteiger partial charge in [0, 0.05) is 12.4 Å². The second-order valence-electron chi connectivity index (χ2n) is 5.84. The molecule has 0 saturated carbocycles. The van der Waals surface area contributed by atoms with Gasteiger partial charge in [0.05, 0.1) is 12.3 Å². The van der Waals surface area contributed by atoms with Gasteiger partial charge in [0.25, 0.3) is 0 Å². The summed E-state index contributed by atoms with van der Waals surface area (Å²) in [4.78, 5) is 4.39. The van der Waals surface area contributed by atoms with Gasteiger partial charge in [0.2, 0.25) is 0 Å². The van der Waals surface area contributed by atoms with Crippen LogP contribution in [0.2, 0.25) is 0 Å². The summed E-state index contributed by atoms with van der Waals surface area (Å²) in [6, 6.07) is 5.98. The number of dihydropyridines is 1. The highest BCUT2D eigenvalue weighted by molar-refractivity contribution is 5.81. The number of hydrogen-bond donors (Lipinski definition) is 1. The van der Waals surface area contributed by atoms with Crippen LogP contribution in [0.25, 0.3) is 5.57 Å². The SMILES string of the molecule is CCCCC(CC)COc1cccnc1C(C#N)=C1C=CC=CN1. The topological polar surface area (TPSA) is 57.9 Å². The largest absolute Gasteiger partial charge is 0.491 e. The number of nitriles is 1. The summed E-state index contributed by atoms with van der Waals surface area (Å²) in [6.07, 6.45) is 13.8. The average molecular weight is 323 g/mol. The van der Waals surface area contributed by atoms with Crippen molar-refractivity contribution < 1.29 is 4.74 Å². The molecule has 2 rings (SSSR count). The zero-order chi connectivity index (χ0) is 17.2. The van der Waals surface area contributed by atoms with E-state index in [0.717, 1.165) is 12.1 Å². The Hall–Kier alpha value is -2.54. The second-order valence-corrected chi connectivity index (χ2v) is 5.84. The minimum atomic E-state index is 0.493. The normalized spacial score (nSPS) is 16.2. The molecule has 1 aliphatic rings. The van der Waals surface area contributed by atoms with E-state index in [4.69, 9.17) is 4.74 Å². The molecule has 1 aliphatic heterocycles. The lowest BCUT2D eigenvalue weighted by Gasteiger charge is -2.17. The first-order valence-corrected chi connectivity index (χ1v) is 8.62. The standard InChI is InChI=1S/C20H25N3O/c1-3-5-9-16(4-2)15-24-19-11-8-13-23-20(19)17(14-21)18-10-6-7-12-22-18/h6-8,10-13,16,22H,3-5,9,15H2,1-2H3. The molecule has 0 fully saturated rings. The van der Waals surface area contributed by atoms with E-state index in [1.54, 1.807) is 12.4 Å². The van der Waals surface area contributed by atoms with E-state index < -0.39 is 0 Å².